The maximum atomic E-state index is 11.8. The van der Waals surface area contributed by atoms with Crippen molar-refractivity contribution in [2.75, 3.05) is 37.6 Å². The topological polar surface area (TPSA) is 41.4 Å². The lowest BCUT2D eigenvalue weighted by Crippen LogP contribution is -2.46. The van der Waals surface area contributed by atoms with Gasteiger partial charge in [-0.15, -0.1) is 0 Å². The molecule has 4 aromatic rings. The predicted molar refractivity (Wildman–Crippen MR) is 128 cm³/mol. The highest BCUT2D eigenvalue weighted by Crippen LogP contribution is 2.29. The number of fused-ring (bicyclic) bond motifs is 2. The largest absolute Gasteiger partial charge is 0.345 e. The third-order valence-corrected chi connectivity index (χ3v) is 8.06. The fraction of sp³-hybridized carbons (Fsp3) is 0.391. The van der Waals surface area contributed by atoms with E-state index in [4.69, 9.17) is 4.98 Å². The average molecular weight is 439 g/mol. The van der Waals surface area contributed by atoms with E-state index in [1.54, 1.807) is 15.9 Å². The Bertz CT molecular complexity index is 1180. The predicted octanol–water partition coefficient (Wildman–Crippen LogP) is 4.35. The first kappa shape index (κ1) is 19.7. The summed E-state index contributed by atoms with van der Waals surface area (Å²) in [5.74, 6) is 0. The molecule has 5 rings (SSSR count). The second-order valence-electron chi connectivity index (χ2n) is 7.98. The number of nitrogens with zero attached hydrogens (tertiary/aromatic N) is 4. The van der Waals surface area contributed by atoms with Crippen LogP contribution in [0.4, 0.5) is 5.13 Å². The summed E-state index contributed by atoms with van der Waals surface area (Å²) in [4.78, 5) is 21.7. The number of thiazole rings is 2. The van der Waals surface area contributed by atoms with Gasteiger partial charge in [0.1, 0.15) is 0 Å². The number of benzene rings is 2. The molecule has 0 N–H and O–H groups in total. The maximum absolute atomic E-state index is 11.8. The van der Waals surface area contributed by atoms with Crippen molar-refractivity contribution < 1.29 is 0 Å². The van der Waals surface area contributed by atoms with Gasteiger partial charge in [0.2, 0.25) is 0 Å². The minimum Gasteiger partial charge on any atom is -0.345 e. The van der Waals surface area contributed by atoms with Gasteiger partial charge in [-0.05, 0) is 55.6 Å². The number of aromatic nitrogens is 2. The van der Waals surface area contributed by atoms with Crippen molar-refractivity contribution in [3.05, 3.63) is 57.7 Å². The first-order chi connectivity index (χ1) is 14.7. The van der Waals surface area contributed by atoms with Crippen molar-refractivity contribution in [3.8, 4) is 0 Å². The third kappa shape index (κ3) is 4.02. The molecule has 7 heteroatoms. The molecule has 0 unspecified atom stereocenters. The fourth-order valence-corrected chi connectivity index (χ4v) is 6.12. The highest BCUT2D eigenvalue weighted by molar-refractivity contribution is 7.22. The fourth-order valence-electron chi connectivity index (χ4n) is 4.16. The van der Waals surface area contributed by atoms with Crippen molar-refractivity contribution >= 4 is 48.2 Å². The molecular weight excluding hydrogens is 412 g/mol. The summed E-state index contributed by atoms with van der Waals surface area (Å²) in [6.45, 7) is 5.50. The van der Waals surface area contributed by atoms with E-state index in [9.17, 15) is 4.79 Å². The number of aryl methyl sites for hydroxylation is 2. The first-order valence-electron chi connectivity index (χ1n) is 10.6. The lowest BCUT2D eigenvalue weighted by atomic mass is 10.1. The summed E-state index contributed by atoms with van der Waals surface area (Å²) >= 11 is 3.15. The number of hydrogen-bond donors (Lipinski definition) is 0. The Balaban J connectivity index is 1.08. The molecule has 1 aliphatic heterocycles. The quantitative estimate of drug-likeness (QED) is 0.420. The van der Waals surface area contributed by atoms with Gasteiger partial charge in [0, 0.05) is 33.2 Å². The summed E-state index contributed by atoms with van der Waals surface area (Å²) in [6, 6.07) is 14.8. The zero-order chi connectivity index (χ0) is 20.5. The van der Waals surface area contributed by atoms with Gasteiger partial charge in [0.25, 0.3) is 0 Å². The number of unbranched alkanes of at least 4 members (excludes halogenated alkanes) is 1. The number of rotatable bonds is 6. The number of anilines is 1. The molecule has 0 aliphatic carbocycles. The van der Waals surface area contributed by atoms with E-state index in [0.717, 1.165) is 60.0 Å². The third-order valence-electron chi connectivity index (χ3n) is 5.97. The summed E-state index contributed by atoms with van der Waals surface area (Å²) in [6.07, 6.45) is 3.48. The summed E-state index contributed by atoms with van der Waals surface area (Å²) in [7, 11) is 1.84. The maximum Gasteiger partial charge on any atom is 0.307 e. The minimum atomic E-state index is 0.118. The van der Waals surface area contributed by atoms with Crippen LogP contribution in [0.25, 0.3) is 20.4 Å². The van der Waals surface area contributed by atoms with Crippen LogP contribution in [0.1, 0.15) is 18.4 Å². The van der Waals surface area contributed by atoms with Gasteiger partial charge < -0.3 is 9.47 Å². The van der Waals surface area contributed by atoms with Gasteiger partial charge in [-0.2, -0.15) is 0 Å². The highest BCUT2D eigenvalue weighted by atomic mass is 32.1. The molecule has 30 heavy (non-hydrogen) atoms. The molecular formula is C23H26N4OS2. The Kier molecular flexibility index (Phi) is 5.58. The minimum absolute atomic E-state index is 0.118. The van der Waals surface area contributed by atoms with E-state index in [1.807, 2.05) is 7.05 Å². The Morgan fingerprint density at radius 3 is 2.63 bits per heavy atom. The molecule has 1 fully saturated rings. The van der Waals surface area contributed by atoms with Gasteiger partial charge in [-0.1, -0.05) is 40.9 Å². The summed E-state index contributed by atoms with van der Waals surface area (Å²) in [5, 5.41) is 1.16. The van der Waals surface area contributed by atoms with Crippen molar-refractivity contribution in [1.29, 1.82) is 0 Å². The van der Waals surface area contributed by atoms with E-state index in [2.05, 4.69) is 52.3 Å². The van der Waals surface area contributed by atoms with Gasteiger partial charge in [-0.3, -0.25) is 9.69 Å². The van der Waals surface area contributed by atoms with Crippen LogP contribution in [-0.2, 0) is 13.5 Å². The van der Waals surface area contributed by atoms with Gasteiger partial charge in [-0.25, -0.2) is 4.98 Å². The highest BCUT2D eigenvalue weighted by Gasteiger charge is 2.19. The van der Waals surface area contributed by atoms with E-state index in [0.29, 0.717) is 0 Å². The molecule has 0 spiro atoms. The van der Waals surface area contributed by atoms with Crippen molar-refractivity contribution in [1.82, 2.24) is 14.5 Å². The molecule has 1 aliphatic rings. The zero-order valence-electron chi connectivity index (χ0n) is 17.2. The van der Waals surface area contributed by atoms with Gasteiger partial charge >= 0.3 is 4.87 Å². The van der Waals surface area contributed by atoms with E-state index >= 15 is 0 Å². The molecule has 0 saturated carbocycles. The SMILES string of the molecule is Cn1c(=O)sc2cc(CCCCN3CCN(c4nc5ccccc5s4)CC3)ccc21. The molecule has 5 nitrogen and oxygen atoms in total. The second kappa shape index (κ2) is 8.49. The molecule has 2 aromatic heterocycles. The molecule has 0 bridgehead atoms. The van der Waals surface area contributed by atoms with E-state index in [-0.39, 0.29) is 4.87 Å². The van der Waals surface area contributed by atoms with Crippen molar-refractivity contribution in [2.45, 2.75) is 19.3 Å². The smallest absolute Gasteiger partial charge is 0.307 e. The molecule has 0 atom stereocenters. The summed E-state index contributed by atoms with van der Waals surface area (Å²) < 4.78 is 4.11. The Morgan fingerprint density at radius 1 is 0.967 bits per heavy atom. The van der Waals surface area contributed by atoms with E-state index < -0.39 is 0 Å². The lowest BCUT2D eigenvalue weighted by Gasteiger charge is -2.34. The van der Waals surface area contributed by atoms with Gasteiger partial charge in [0.05, 0.1) is 20.4 Å². The second-order valence-corrected chi connectivity index (χ2v) is 9.98. The van der Waals surface area contributed by atoms with Crippen LogP contribution < -0.4 is 9.77 Å². The molecule has 156 valence electrons. The van der Waals surface area contributed by atoms with E-state index in [1.165, 1.54) is 34.4 Å². The standard InChI is InChI=1S/C23H26N4OS2/c1-25-19-10-9-17(16-21(19)30-23(25)28)6-4-5-11-26-12-14-27(15-13-26)22-24-18-7-2-3-8-20(18)29-22/h2-3,7-10,16H,4-6,11-15H2,1H3. The zero-order valence-corrected chi connectivity index (χ0v) is 18.8. The van der Waals surface area contributed by atoms with Crippen molar-refractivity contribution in [2.24, 2.45) is 7.05 Å². The van der Waals surface area contributed by atoms with Gasteiger partial charge in [0.15, 0.2) is 5.13 Å². The van der Waals surface area contributed by atoms with Crippen LogP contribution in [0.15, 0.2) is 47.3 Å². The van der Waals surface area contributed by atoms with Crippen LogP contribution in [0.5, 0.6) is 0 Å². The Hall–Kier alpha value is -2.22. The molecule has 0 radical (unpaired) electrons. The average Bonchev–Trinajstić information content (AvgIpc) is 3.32. The normalized spacial score (nSPS) is 15.4. The lowest BCUT2D eigenvalue weighted by molar-refractivity contribution is 0.253. The number of para-hydroxylation sites is 1. The first-order valence-corrected chi connectivity index (χ1v) is 12.2. The van der Waals surface area contributed by atoms with Crippen LogP contribution in [0.3, 0.4) is 0 Å². The Morgan fingerprint density at radius 2 is 1.80 bits per heavy atom. The summed E-state index contributed by atoms with van der Waals surface area (Å²) in [5.41, 5.74) is 3.49. The monoisotopic (exact) mass is 438 g/mol. The number of piperazine rings is 1. The van der Waals surface area contributed by atoms with Crippen LogP contribution in [-0.4, -0.2) is 47.2 Å². The molecule has 3 heterocycles. The molecule has 2 aromatic carbocycles. The van der Waals surface area contributed by atoms with Crippen LogP contribution in [0, 0.1) is 0 Å². The number of hydrogen-bond acceptors (Lipinski definition) is 6. The molecule has 0 amide bonds. The van der Waals surface area contributed by atoms with Crippen molar-refractivity contribution in [3.63, 3.8) is 0 Å². The Labute approximate surface area is 184 Å². The van der Waals surface area contributed by atoms with Crippen LogP contribution >= 0.6 is 22.7 Å². The van der Waals surface area contributed by atoms with Crippen LogP contribution in [0.2, 0.25) is 0 Å². The molecule has 1 saturated heterocycles.